The summed E-state index contributed by atoms with van der Waals surface area (Å²) in [5, 5.41) is 5.68. The number of aromatic nitrogens is 2. The van der Waals surface area contributed by atoms with Gasteiger partial charge in [-0.15, -0.1) is 0 Å². The zero-order valence-electron chi connectivity index (χ0n) is 19.6. The maximum atomic E-state index is 12.6. The number of fused-ring (bicyclic) bond motifs is 1. The number of hydrogen-bond donors (Lipinski definition) is 1. The second-order valence-corrected chi connectivity index (χ2v) is 9.00. The fraction of sp³-hybridized carbons (Fsp3) is 0.192. The average molecular weight is 509 g/mol. The van der Waals surface area contributed by atoms with Crippen molar-refractivity contribution in [2.24, 2.45) is 5.10 Å². The standard InChI is InChI=1S/C26H25ClN4O3S/c1-17(18-12-13-23(33-2)24(14-18)34-3)29-30-25(32)16-35-26-28-21-10-6-7-11-22(21)31(26)15-19-8-4-5-9-20(19)27/h4-14H,15-16H2,1-3H3,(H,30,32). The molecule has 9 heteroatoms. The Bertz CT molecular complexity index is 1390. The van der Waals surface area contributed by atoms with Crippen LogP contribution in [0.25, 0.3) is 11.0 Å². The largest absolute Gasteiger partial charge is 0.493 e. The summed E-state index contributed by atoms with van der Waals surface area (Å²) in [5.74, 6) is 1.16. The zero-order valence-corrected chi connectivity index (χ0v) is 21.2. The van der Waals surface area contributed by atoms with Crippen molar-refractivity contribution in [2.75, 3.05) is 20.0 Å². The lowest BCUT2D eigenvalue weighted by molar-refractivity contribution is -0.118. The molecule has 0 saturated heterocycles. The molecule has 180 valence electrons. The predicted octanol–water partition coefficient (Wildman–Crippen LogP) is 5.39. The molecule has 0 atom stereocenters. The number of nitrogens with zero attached hydrogens (tertiary/aromatic N) is 3. The number of para-hydroxylation sites is 2. The Kier molecular flexibility index (Phi) is 7.94. The lowest BCUT2D eigenvalue weighted by Gasteiger charge is -2.10. The number of methoxy groups -OCH3 is 2. The smallest absolute Gasteiger partial charge is 0.250 e. The van der Waals surface area contributed by atoms with Crippen molar-refractivity contribution in [3.05, 3.63) is 82.9 Å². The maximum Gasteiger partial charge on any atom is 0.250 e. The first-order chi connectivity index (χ1) is 17.0. The van der Waals surface area contributed by atoms with Gasteiger partial charge in [-0.05, 0) is 48.9 Å². The number of rotatable bonds is 9. The van der Waals surface area contributed by atoms with Crippen LogP contribution in [0.15, 0.2) is 77.0 Å². The van der Waals surface area contributed by atoms with E-state index in [2.05, 4.69) is 15.1 Å². The minimum absolute atomic E-state index is 0.161. The van der Waals surface area contributed by atoms with E-state index in [1.165, 1.54) is 11.8 Å². The van der Waals surface area contributed by atoms with E-state index in [1.54, 1.807) is 20.3 Å². The molecule has 4 rings (SSSR count). The van der Waals surface area contributed by atoms with E-state index in [1.807, 2.05) is 67.6 Å². The molecule has 0 bridgehead atoms. The van der Waals surface area contributed by atoms with Crippen LogP contribution >= 0.6 is 23.4 Å². The van der Waals surface area contributed by atoms with Crippen LogP contribution < -0.4 is 14.9 Å². The number of thioether (sulfide) groups is 1. The van der Waals surface area contributed by atoms with Crippen LogP contribution in [0.2, 0.25) is 5.02 Å². The molecule has 3 aromatic carbocycles. The van der Waals surface area contributed by atoms with Gasteiger partial charge in [0.25, 0.3) is 5.91 Å². The summed E-state index contributed by atoms with van der Waals surface area (Å²) in [6.45, 7) is 2.37. The molecule has 0 fully saturated rings. The van der Waals surface area contributed by atoms with Gasteiger partial charge in [0.2, 0.25) is 0 Å². The Balaban J connectivity index is 1.47. The summed E-state index contributed by atoms with van der Waals surface area (Å²) in [7, 11) is 3.16. The Labute approximate surface area is 213 Å². The summed E-state index contributed by atoms with van der Waals surface area (Å²) < 4.78 is 12.7. The van der Waals surface area contributed by atoms with E-state index in [0.717, 1.165) is 27.3 Å². The lowest BCUT2D eigenvalue weighted by atomic mass is 10.1. The van der Waals surface area contributed by atoms with Crippen LogP contribution in [0.4, 0.5) is 0 Å². The summed E-state index contributed by atoms with van der Waals surface area (Å²) in [6.07, 6.45) is 0. The lowest BCUT2D eigenvalue weighted by Crippen LogP contribution is -2.21. The van der Waals surface area contributed by atoms with Crippen LogP contribution in [-0.2, 0) is 11.3 Å². The minimum Gasteiger partial charge on any atom is -0.493 e. The Morgan fingerprint density at radius 2 is 1.80 bits per heavy atom. The topological polar surface area (TPSA) is 77.7 Å². The molecule has 1 N–H and O–H groups in total. The number of amides is 1. The normalized spacial score (nSPS) is 11.5. The summed E-state index contributed by atoms with van der Waals surface area (Å²) in [5.41, 5.74) is 6.93. The van der Waals surface area contributed by atoms with Crippen molar-refractivity contribution in [2.45, 2.75) is 18.6 Å². The molecule has 0 radical (unpaired) electrons. The van der Waals surface area contributed by atoms with Crippen molar-refractivity contribution >= 4 is 46.0 Å². The second-order valence-electron chi connectivity index (χ2n) is 7.65. The fourth-order valence-electron chi connectivity index (χ4n) is 3.55. The number of benzene rings is 3. The molecule has 1 amide bonds. The number of halogens is 1. The quantitative estimate of drug-likeness (QED) is 0.186. The molecule has 7 nitrogen and oxygen atoms in total. The molecular formula is C26H25ClN4O3S. The van der Waals surface area contributed by atoms with Crippen molar-refractivity contribution < 1.29 is 14.3 Å². The van der Waals surface area contributed by atoms with Gasteiger partial charge in [-0.1, -0.05) is 53.7 Å². The van der Waals surface area contributed by atoms with E-state index in [0.29, 0.717) is 28.8 Å². The van der Waals surface area contributed by atoms with Crippen LogP contribution in [0.3, 0.4) is 0 Å². The van der Waals surface area contributed by atoms with Gasteiger partial charge in [-0.25, -0.2) is 10.4 Å². The highest BCUT2D eigenvalue weighted by molar-refractivity contribution is 7.99. The average Bonchev–Trinajstić information content (AvgIpc) is 3.24. The first kappa shape index (κ1) is 24.6. The highest BCUT2D eigenvalue weighted by Gasteiger charge is 2.14. The molecule has 0 saturated carbocycles. The van der Waals surface area contributed by atoms with Crippen LogP contribution in [0.5, 0.6) is 11.5 Å². The van der Waals surface area contributed by atoms with Gasteiger partial charge in [-0.3, -0.25) is 4.79 Å². The summed E-state index contributed by atoms with van der Waals surface area (Å²) in [4.78, 5) is 17.3. The molecule has 4 aromatic rings. The van der Waals surface area contributed by atoms with E-state index in [4.69, 9.17) is 26.1 Å². The van der Waals surface area contributed by atoms with E-state index >= 15 is 0 Å². The monoisotopic (exact) mass is 508 g/mol. The minimum atomic E-state index is -0.230. The predicted molar refractivity (Wildman–Crippen MR) is 141 cm³/mol. The third-order valence-electron chi connectivity index (χ3n) is 5.39. The van der Waals surface area contributed by atoms with Crippen LogP contribution in [0.1, 0.15) is 18.1 Å². The van der Waals surface area contributed by atoms with E-state index in [-0.39, 0.29) is 11.7 Å². The number of ether oxygens (including phenoxy) is 2. The number of nitrogens with one attached hydrogen (secondary N) is 1. The molecule has 1 heterocycles. The molecule has 0 spiro atoms. The summed E-state index contributed by atoms with van der Waals surface area (Å²) in [6, 6.07) is 21.1. The molecule has 35 heavy (non-hydrogen) atoms. The van der Waals surface area contributed by atoms with E-state index in [9.17, 15) is 4.79 Å². The Morgan fingerprint density at radius 3 is 2.57 bits per heavy atom. The van der Waals surface area contributed by atoms with Gasteiger partial charge in [0.15, 0.2) is 16.7 Å². The molecule has 0 aliphatic heterocycles. The number of imidazole rings is 1. The number of carbonyl (C=O) groups excluding carboxylic acids is 1. The van der Waals surface area contributed by atoms with Gasteiger partial charge in [-0.2, -0.15) is 5.10 Å². The van der Waals surface area contributed by atoms with Gasteiger partial charge >= 0.3 is 0 Å². The van der Waals surface area contributed by atoms with Crippen molar-refractivity contribution in [1.29, 1.82) is 0 Å². The second kappa shape index (κ2) is 11.3. The number of hydrazone groups is 1. The van der Waals surface area contributed by atoms with Gasteiger partial charge in [0, 0.05) is 10.6 Å². The fourth-order valence-corrected chi connectivity index (χ4v) is 4.55. The highest BCUT2D eigenvalue weighted by Crippen LogP contribution is 2.28. The summed E-state index contributed by atoms with van der Waals surface area (Å²) >= 11 is 7.75. The number of hydrogen-bond acceptors (Lipinski definition) is 6. The highest BCUT2D eigenvalue weighted by atomic mass is 35.5. The molecule has 1 aromatic heterocycles. The maximum absolute atomic E-state index is 12.6. The Morgan fingerprint density at radius 1 is 1.06 bits per heavy atom. The Hall–Kier alpha value is -3.49. The van der Waals surface area contributed by atoms with E-state index < -0.39 is 0 Å². The van der Waals surface area contributed by atoms with Gasteiger partial charge in [0.1, 0.15) is 0 Å². The van der Waals surface area contributed by atoms with Crippen molar-refractivity contribution in [1.82, 2.24) is 15.0 Å². The molecule has 0 aliphatic carbocycles. The zero-order chi connectivity index (χ0) is 24.8. The third kappa shape index (κ3) is 5.78. The van der Waals surface area contributed by atoms with Gasteiger partial charge < -0.3 is 14.0 Å². The van der Waals surface area contributed by atoms with Crippen molar-refractivity contribution in [3.63, 3.8) is 0 Å². The van der Waals surface area contributed by atoms with Crippen LogP contribution in [0, 0.1) is 0 Å². The molecule has 0 aliphatic rings. The SMILES string of the molecule is COc1ccc(C(C)=NNC(=O)CSc2nc3ccccc3n2Cc2ccccc2Cl)cc1OC. The first-order valence-corrected chi connectivity index (χ1v) is 12.2. The van der Waals surface area contributed by atoms with Crippen LogP contribution in [-0.4, -0.2) is 41.1 Å². The molecular weight excluding hydrogens is 484 g/mol. The van der Waals surface area contributed by atoms with Gasteiger partial charge in [0.05, 0.1) is 43.3 Å². The molecule has 0 unspecified atom stereocenters. The number of carbonyl (C=O) groups is 1. The third-order valence-corrected chi connectivity index (χ3v) is 6.73. The van der Waals surface area contributed by atoms with Crippen molar-refractivity contribution in [3.8, 4) is 11.5 Å². The first-order valence-electron chi connectivity index (χ1n) is 10.9.